The lowest BCUT2D eigenvalue weighted by molar-refractivity contribution is -0.116. The molecule has 1 aromatic carbocycles. The van der Waals surface area contributed by atoms with Gasteiger partial charge in [0.05, 0.1) is 22.6 Å². The van der Waals surface area contributed by atoms with Crippen molar-refractivity contribution < 1.29 is 13.6 Å². The summed E-state index contributed by atoms with van der Waals surface area (Å²) < 4.78 is 27.6. The van der Waals surface area contributed by atoms with Crippen molar-refractivity contribution in [2.75, 3.05) is 5.32 Å². The third kappa shape index (κ3) is 3.28. The third-order valence-electron chi connectivity index (χ3n) is 2.37. The first-order valence-electron chi connectivity index (χ1n) is 5.53. The first-order chi connectivity index (χ1) is 9.49. The van der Waals surface area contributed by atoms with E-state index < -0.39 is 17.5 Å². The molecule has 0 saturated heterocycles. The SMILES string of the molecule is NCc1cn(CC(=O)Nc2c(F)cc(F)cc2Cl)nn1. The average molecular weight is 302 g/mol. The Morgan fingerprint density at radius 1 is 1.45 bits per heavy atom. The molecule has 1 amide bonds. The Balaban J connectivity index is 2.08. The van der Waals surface area contributed by atoms with Crippen LogP contribution in [0.5, 0.6) is 0 Å². The Labute approximate surface area is 117 Å². The maximum atomic E-state index is 13.5. The zero-order valence-corrected chi connectivity index (χ0v) is 10.9. The first-order valence-corrected chi connectivity index (χ1v) is 5.91. The van der Waals surface area contributed by atoms with Gasteiger partial charge in [-0.3, -0.25) is 4.79 Å². The molecule has 20 heavy (non-hydrogen) atoms. The lowest BCUT2D eigenvalue weighted by Gasteiger charge is -2.08. The molecular formula is C11H10ClF2N5O. The molecule has 9 heteroatoms. The van der Waals surface area contributed by atoms with Gasteiger partial charge >= 0.3 is 0 Å². The number of nitrogens with zero attached hydrogens (tertiary/aromatic N) is 3. The van der Waals surface area contributed by atoms with Crippen LogP contribution in [0.2, 0.25) is 5.02 Å². The van der Waals surface area contributed by atoms with Crippen molar-refractivity contribution >= 4 is 23.2 Å². The number of hydrogen-bond acceptors (Lipinski definition) is 4. The molecule has 0 unspecified atom stereocenters. The Kier molecular flexibility index (Phi) is 4.26. The molecule has 2 rings (SSSR count). The molecule has 0 saturated carbocycles. The van der Waals surface area contributed by atoms with Crippen molar-refractivity contribution in [3.05, 3.63) is 40.7 Å². The zero-order valence-electron chi connectivity index (χ0n) is 10.1. The fraction of sp³-hybridized carbons (Fsp3) is 0.182. The van der Waals surface area contributed by atoms with Crippen molar-refractivity contribution in [1.29, 1.82) is 0 Å². The van der Waals surface area contributed by atoms with Crippen LogP contribution in [0.3, 0.4) is 0 Å². The summed E-state index contributed by atoms with van der Waals surface area (Å²) in [4.78, 5) is 11.7. The van der Waals surface area contributed by atoms with Gasteiger partial charge in [0, 0.05) is 12.6 Å². The number of anilines is 1. The van der Waals surface area contributed by atoms with E-state index in [-0.39, 0.29) is 23.8 Å². The van der Waals surface area contributed by atoms with Crippen LogP contribution in [0.15, 0.2) is 18.3 Å². The highest BCUT2D eigenvalue weighted by Gasteiger charge is 2.13. The highest BCUT2D eigenvalue weighted by molar-refractivity contribution is 6.33. The second-order valence-electron chi connectivity index (χ2n) is 3.90. The topological polar surface area (TPSA) is 85.8 Å². The van der Waals surface area contributed by atoms with E-state index >= 15 is 0 Å². The number of aromatic nitrogens is 3. The number of carbonyl (C=O) groups excluding carboxylic acids is 1. The summed E-state index contributed by atoms with van der Waals surface area (Å²) in [7, 11) is 0. The summed E-state index contributed by atoms with van der Waals surface area (Å²) in [5.74, 6) is -2.36. The van der Waals surface area contributed by atoms with Gasteiger partial charge in [0.25, 0.3) is 0 Å². The molecule has 0 aliphatic carbocycles. The molecule has 1 aromatic heterocycles. The van der Waals surface area contributed by atoms with E-state index in [4.69, 9.17) is 17.3 Å². The van der Waals surface area contributed by atoms with Crippen LogP contribution in [-0.4, -0.2) is 20.9 Å². The van der Waals surface area contributed by atoms with E-state index in [1.807, 2.05) is 0 Å². The molecule has 2 aromatic rings. The fourth-order valence-corrected chi connectivity index (χ4v) is 1.74. The standard InChI is InChI=1S/C11H10ClF2N5O/c12-8-1-6(13)2-9(14)11(8)16-10(20)5-19-4-7(3-15)17-18-19/h1-2,4H,3,5,15H2,(H,16,20). The Hall–Kier alpha value is -2.06. The van der Waals surface area contributed by atoms with Gasteiger partial charge < -0.3 is 11.1 Å². The van der Waals surface area contributed by atoms with E-state index in [0.29, 0.717) is 11.8 Å². The van der Waals surface area contributed by atoms with Gasteiger partial charge in [-0.25, -0.2) is 13.5 Å². The van der Waals surface area contributed by atoms with Crippen LogP contribution in [0.25, 0.3) is 0 Å². The first kappa shape index (κ1) is 14.4. The molecule has 0 radical (unpaired) electrons. The number of rotatable bonds is 4. The molecular weight excluding hydrogens is 292 g/mol. The maximum absolute atomic E-state index is 13.5. The summed E-state index contributed by atoms with van der Waals surface area (Å²) in [6.45, 7) is 0.000181. The predicted octanol–water partition coefficient (Wildman–Crippen LogP) is 1.31. The molecule has 0 fully saturated rings. The lowest BCUT2D eigenvalue weighted by Crippen LogP contribution is -2.20. The van der Waals surface area contributed by atoms with Crippen molar-refractivity contribution in [1.82, 2.24) is 15.0 Å². The molecule has 0 bridgehead atoms. The Bertz CT molecular complexity index is 622. The summed E-state index contributed by atoms with van der Waals surface area (Å²) in [5.41, 5.74) is 5.59. The van der Waals surface area contributed by atoms with Crippen molar-refractivity contribution in [3.63, 3.8) is 0 Å². The number of nitrogens with two attached hydrogens (primary N) is 1. The van der Waals surface area contributed by atoms with Crippen LogP contribution < -0.4 is 11.1 Å². The van der Waals surface area contributed by atoms with Crippen LogP contribution >= 0.6 is 11.6 Å². The Morgan fingerprint density at radius 2 is 2.20 bits per heavy atom. The van der Waals surface area contributed by atoms with Gasteiger partial charge in [-0.15, -0.1) is 5.10 Å². The Morgan fingerprint density at radius 3 is 2.80 bits per heavy atom. The minimum atomic E-state index is -0.954. The van der Waals surface area contributed by atoms with Gasteiger partial charge in [-0.2, -0.15) is 0 Å². The van der Waals surface area contributed by atoms with E-state index in [9.17, 15) is 13.6 Å². The van der Waals surface area contributed by atoms with Gasteiger partial charge in [-0.05, 0) is 6.07 Å². The molecule has 1 heterocycles. The molecule has 0 spiro atoms. The van der Waals surface area contributed by atoms with Gasteiger partial charge in [-0.1, -0.05) is 16.8 Å². The second kappa shape index (κ2) is 5.93. The normalized spacial score (nSPS) is 10.6. The maximum Gasteiger partial charge on any atom is 0.246 e. The molecule has 6 nitrogen and oxygen atoms in total. The van der Waals surface area contributed by atoms with E-state index in [1.165, 1.54) is 10.9 Å². The van der Waals surface area contributed by atoms with Gasteiger partial charge in [0.2, 0.25) is 5.91 Å². The van der Waals surface area contributed by atoms with Crippen LogP contribution in [-0.2, 0) is 17.9 Å². The quantitative estimate of drug-likeness (QED) is 0.891. The summed E-state index contributed by atoms with van der Waals surface area (Å²) in [6.07, 6.45) is 1.49. The molecule has 106 valence electrons. The number of nitrogens with one attached hydrogen (secondary N) is 1. The highest BCUT2D eigenvalue weighted by atomic mass is 35.5. The summed E-state index contributed by atoms with van der Waals surface area (Å²) in [6, 6.07) is 1.53. The average Bonchev–Trinajstić information content (AvgIpc) is 2.81. The fourth-order valence-electron chi connectivity index (χ4n) is 1.50. The molecule has 3 N–H and O–H groups in total. The lowest BCUT2D eigenvalue weighted by atomic mass is 10.3. The van der Waals surface area contributed by atoms with Gasteiger partial charge in [0.1, 0.15) is 12.4 Å². The van der Waals surface area contributed by atoms with Crippen molar-refractivity contribution in [3.8, 4) is 0 Å². The smallest absolute Gasteiger partial charge is 0.246 e. The molecule has 0 atom stereocenters. The summed E-state index contributed by atoms with van der Waals surface area (Å²) in [5, 5.41) is 9.39. The third-order valence-corrected chi connectivity index (χ3v) is 2.67. The number of benzene rings is 1. The van der Waals surface area contributed by atoms with Crippen molar-refractivity contribution in [2.45, 2.75) is 13.1 Å². The second-order valence-corrected chi connectivity index (χ2v) is 4.31. The number of halogens is 3. The minimum Gasteiger partial charge on any atom is -0.325 e. The van der Waals surface area contributed by atoms with Crippen LogP contribution in [0.1, 0.15) is 5.69 Å². The molecule has 0 aliphatic heterocycles. The number of hydrogen-bond donors (Lipinski definition) is 2. The van der Waals surface area contributed by atoms with Gasteiger partial charge in [0.15, 0.2) is 5.82 Å². The minimum absolute atomic E-state index is 0.194. The van der Waals surface area contributed by atoms with E-state index in [1.54, 1.807) is 0 Å². The van der Waals surface area contributed by atoms with E-state index in [0.717, 1.165) is 6.07 Å². The summed E-state index contributed by atoms with van der Waals surface area (Å²) >= 11 is 5.66. The molecule has 0 aliphatic rings. The van der Waals surface area contributed by atoms with Crippen molar-refractivity contribution in [2.24, 2.45) is 5.73 Å². The van der Waals surface area contributed by atoms with Crippen LogP contribution in [0.4, 0.5) is 14.5 Å². The highest BCUT2D eigenvalue weighted by Crippen LogP contribution is 2.26. The monoisotopic (exact) mass is 301 g/mol. The zero-order chi connectivity index (χ0) is 14.7. The number of amides is 1. The largest absolute Gasteiger partial charge is 0.325 e. The van der Waals surface area contributed by atoms with Crippen LogP contribution in [0, 0.1) is 11.6 Å². The number of carbonyl (C=O) groups is 1. The predicted molar refractivity (Wildman–Crippen MR) is 67.9 cm³/mol. The van der Waals surface area contributed by atoms with E-state index in [2.05, 4.69) is 15.6 Å².